The van der Waals surface area contributed by atoms with Gasteiger partial charge in [0.05, 0.1) is 11.4 Å². The van der Waals surface area contributed by atoms with E-state index in [-0.39, 0.29) is 17.3 Å². The number of hydrogen-bond acceptors (Lipinski definition) is 5. The summed E-state index contributed by atoms with van der Waals surface area (Å²) in [6.07, 6.45) is 0. The highest BCUT2D eigenvalue weighted by atomic mass is 32.2. The zero-order valence-corrected chi connectivity index (χ0v) is 17.8. The molecule has 0 atom stereocenters. The van der Waals surface area contributed by atoms with Crippen LogP contribution in [0.15, 0.2) is 47.4 Å². The second-order valence-electron chi connectivity index (χ2n) is 6.64. The number of aromatic amines is 1. The third-order valence-corrected chi connectivity index (χ3v) is 6.28. The summed E-state index contributed by atoms with van der Waals surface area (Å²) >= 11 is 5.04. The van der Waals surface area contributed by atoms with Crippen LogP contribution in [0.1, 0.15) is 27.3 Å². The molecule has 0 aliphatic carbocycles. The van der Waals surface area contributed by atoms with E-state index in [0.29, 0.717) is 27.4 Å². The Balaban J connectivity index is 1.76. The molecule has 152 valence electrons. The zero-order chi connectivity index (χ0) is 21.2. The van der Waals surface area contributed by atoms with Crippen LogP contribution in [0, 0.1) is 18.6 Å². The normalized spacial score (nSPS) is 11.3. The monoisotopic (exact) mass is 431 g/mol. The van der Waals surface area contributed by atoms with Crippen molar-refractivity contribution in [3.63, 3.8) is 0 Å². The summed E-state index contributed by atoms with van der Waals surface area (Å²) < 4.78 is 30.2. The van der Waals surface area contributed by atoms with E-state index in [9.17, 15) is 13.2 Å². The number of rotatable bonds is 6. The van der Waals surface area contributed by atoms with E-state index in [2.05, 4.69) is 20.2 Å². The average molecular weight is 432 g/mol. The lowest BCUT2D eigenvalue weighted by Gasteiger charge is -2.12. The molecule has 1 amide bonds. The molecule has 2 aromatic carbocycles. The number of aromatic nitrogens is 3. The van der Waals surface area contributed by atoms with Gasteiger partial charge in [-0.3, -0.25) is 14.6 Å². The van der Waals surface area contributed by atoms with Crippen LogP contribution in [0.4, 0.5) is 5.69 Å². The van der Waals surface area contributed by atoms with E-state index in [4.69, 9.17) is 12.2 Å². The third-order valence-electron chi connectivity index (χ3n) is 4.39. The van der Waals surface area contributed by atoms with Crippen LogP contribution in [0.25, 0.3) is 0 Å². The van der Waals surface area contributed by atoms with Crippen LogP contribution in [0.3, 0.4) is 0 Å². The minimum atomic E-state index is -3.78. The molecule has 10 heteroatoms. The number of carbonyl (C=O) groups is 1. The highest BCUT2D eigenvalue weighted by Gasteiger charge is 2.18. The number of amides is 1. The molecule has 0 fully saturated rings. The molecule has 0 aliphatic rings. The van der Waals surface area contributed by atoms with Gasteiger partial charge in [-0.1, -0.05) is 18.2 Å². The molecule has 3 aromatic rings. The van der Waals surface area contributed by atoms with Crippen molar-refractivity contribution in [1.29, 1.82) is 0 Å². The van der Waals surface area contributed by atoms with Gasteiger partial charge in [0.2, 0.25) is 0 Å². The maximum absolute atomic E-state index is 12.8. The SMILES string of the molecule is Cc1ccc(C)c(S(=O)(=O)Nc2cccc(C(=O)NCc3n[nH]c(=S)n3C)c2)c1. The molecule has 8 nitrogen and oxygen atoms in total. The summed E-state index contributed by atoms with van der Waals surface area (Å²) in [6.45, 7) is 3.75. The highest BCUT2D eigenvalue weighted by molar-refractivity contribution is 7.92. The first-order valence-electron chi connectivity index (χ1n) is 8.76. The molecule has 0 saturated heterocycles. The molecule has 3 N–H and O–H groups in total. The van der Waals surface area contributed by atoms with E-state index in [0.717, 1.165) is 5.56 Å². The average Bonchev–Trinajstić information content (AvgIpc) is 2.99. The molecular formula is C19H21N5O3S2. The number of sulfonamides is 1. The Morgan fingerprint density at radius 1 is 1.21 bits per heavy atom. The Kier molecular flexibility index (Phi) is 5.85. The molecule has 0 unspecified atom stereocenters. The van der Waals surface area contributed by atoms with Gasteiger partial charge in [-0.15, -0.1) is 0 Å². The van der Waals surface area contributed by atoms with Gasteiger partial charge in [0.25, 0.3) is 15.9 Å². The first kappa shape index (κ1) is 20.7. The standard InChI is InChI=1S/C19H21N5O3S2/c1-12-7-8-13(2)16(9-12)29(26,27)23-15-6-4-5-14(10-15)18(25)20-11-17-21-22-19(28)24(17)3/h4-10,23H,11H2,1-3H3,(H,20,25)(H,22,28). The topological polar surface area (TPSA) is 109 Å². The number of nitrogens with one attached hydrogen (secondary N) is 3. The largest absolute Gasteiger partial charge is 0.345 e. The fourth-order valence-corrected chi connectivity index (χ4v) is 4.26. The van der Waals surface area contributed by atoms with Crippen molar-refractivity contribution in [2.24, 2.45) is 7.05 Å². The fourth-order valence-electron chi connectivity index (χ4n) is 2.73. The zero-order valence-electron chi connectivity index (χ0n) is 16.2. The fraction of sp³-hybridized carbons (Fsp3) is 0.211. The van der Waals surface area contributed by atoms with Crippen molar-refractivity contribution in [3.05, 3.63) is 69.8 Å². The summed E-state index contributed by atoms with van der Waals surface area (Å²) in [7, 11) is -2.03. The molecule has 0 aliphatic heterocycles. The molecule has 3 rings (SSSR count). The van der Waals surface area contributed by atoms with E-state index < -0.39 is 10.0 Å². The summed E-state index contributed by atoms with van der Waals surface area (Å²) in [6, 6.07) is 11.5. The van der Waals surface area contributed by atoms with E-state index in [1.54, 1.807) is 48.9 Å². The predicted molar refractivity (Wildman–Crippen MR) is 113 cm³/mol. The lowest BCUT2D eigenvalue weighted by molar-refractivity contribution is 0.0949. The van der Waals surface area contributed by atoms with E-state index in [1.165, 1.54) is 6.07 Å². The second-order valence-corrected chi connectivity index (χ2v) is 8.68. The molecular weight excluding hydrogens is 410 g/mol. The van der Waals surface area contributed by atoms with Gasteiger partial charge >= 0.3 is 0 Å². The Bertz CT molecular complexity index is 1230. The van der Waals surface area contributed by atoms with Crippen LogP contribution in [-0.4, -0.2) is 29.1 Å². The van der Waals surface area contributed by atoms with Crippen molar-refractivity contribution in [3.8, 4) is 0 Å². The number of benzene rings is 2. The summed E-state index contributed by atoms with van der Waals surface area (Å²) in [5, 5.41) is 9.42. The third kappa shape index (κ3) is 4.72. The van der Waals surface area contributed by atoms with Crippen molar-refractivity contribution in [2.75, 3.05) is 4.72 Å². The number of hydrogen-bond donors (Lipinski definition) is 3. The van der Waals surface area contributed by atoms with Gasteiger partial charge in [-0.2, -0.15) is 5.10 Å². The lowest BCUT2D eigenvalue weighted by atomic mass is 10.2. The van der Waals surface area contributed by atoms with Crippen LogP contribution in [0.5, 0.6) is 0 Å². The van der Waals surface area contributed by atoms with E-state index in [1.807, 2.05) is 13.0 Å². The molecule has 29 heavy (non-hydrogen) atoms. The predicted octanol–water partition coefficient (Wildman–Crippen LogP) is 2.83. The molecule has 1 aromatic heterocycles. The maximum atomic E-state index is 12.8. The Hall–Kier alpha value is -2.98. The minimum absolute atomic E-state index is 0.181. The van der Waals surface area contributed by atoms with Gasteiger partial charge in [0.1, 0.15) is 0 Å². The first-order chi connectivity index (χ1) is 13.7. The molecule has 0 saturated carbocycles. The number of aryl methyl sites for hydroxylation is 2. The number of nitrogens with zero attached hydrogens (tertiary/aromatic N) is 2. The quantitative estimate of drug-likeness (QED) is 0.520. The number of anilines is 1. The van der Waals surface area contributed by atoms with Crippen LogP contribution < -0.4 is 10.0 Å². The van der Waals surface area contributed by atoms with Gasteiger partial charge in [-0.25, -0.2) is 8.42 Å². The van der Waals surface area contributed by atoms with Gasteiger partial charge in [0.15, 0.2) is 10.6 Å². The van der Waals surface area contributed by atoms with Gasteiger partial charge < -0.3 is 9.88 Å². The highest BCUT2D eigenvalue weighted by Crippen LogP contribution is 2.21. The maximum Gasteiger partial charge on any atom is 0.262 e. The summed E-state index contributed by atoms with van der Waals surface area (Å²) in [5.74, 6) is 0.224. The molecule has 0 bridgehead atoms. The van der Waals surface area contributed by atoms with E-state index >= 15 is 0 Å². The van der Waals surface area contributed by atoms with Crippen LogP contribution in [0.2, 0.25) is 0 Å². The Morgan fingerprint density at radius 2 is 1.97 bits per heavy atom. The number of carbonyl (C=O) groups excluding carboxylic acids is 1. The summed E-state index contributed by atoms with van der Waals surface area (Å²) in [4.78, 5) is 12.7. The van der Waals surface area contributed by atoms with Crippen molar-refractivity contribution in [1.82, 2.24) is 20.1 Å². The lowest BCUT2D eigenvalue weighted by Crippen LogP contribution is -2.24. The minimum Gasteiger partial charge on any atom is -0.345 e. The van der Waals surface area contributed by atoms with Crippen molar-refractivity contribution >= 4 is 33.8 Å². The number of H-pyrrole nitrogens is 1. The van der Waals surface area contributed by atoms with Gasteiger partial charge in [-0.05, 0) is 61.5 Å². The Labute approximate surface area is 174 Å². The molecule has 0 spiro atoms. The van der Waals surface area contributed by atoms with Crippen molar-refractivity contribution < 1.29 is 13.2 Å². The van der Waals surface area contributed by atoms with Gasteiger partial charge in [0, 0.05) is 18.3 Å². The second kappa shape index (κ2) is 8.18. The molecule has 0 radical (unpaired) electrons. The smallest absolute Gasteiger partial charge is 0.262 e. The van der Waals surface area contributed by atoms with Crippen molar-refractivity contribution in [2.45, 2.75) is 25.3 Å². The molecule has 1 heterocycles. The Morgan fingerprint density at radius 3 is 2.66 bits per heavy atom. The first-order valence-corrected chi connectivity index (χ1v) is 10.6. The summed E-state index contributed by atoms with van der Waals surface area (Å²) in [5.41, 5.74) is 2.11. The van der Waals surface area contributed by atoms with Crippen LogP contribution >= 0.6 is 12.2 Å². The van der Waals surface area contributed by atoms with Crippen LogP contribution in [-0.2, 0) is 23.6 Å².